The Morgan fingerprint density at radius 2 is 2.24 bits per heavy atom. The lowest BCUT2D eigenvalue weighted by atomic mass is 10.1. The summed E-state index contributed by atoms with van der Waals surface area (Å²) in [5.74, 6) is 1.42. The minimum atomic E-state index is -0.108. The lowest BCUT2D eigenvalue weighted by Gasteiger charge is -2.13. The average molecular weight is 289 g/mol. The molecule has 0 spiro atoms. The van der Waals surface area contributed by atoms with Crippen LogP contribution < -0.4 is 14.8 Å². The summed E-state index contributed by atoms with van der Waals surface area (Å²) >= 11 is 0. The average Bonchev–Trinajstić information content (AvgIpc) is 2.78. The van der Waals surface area contributed by atoms with Crippen LogP contribution in [-0.4, -0.2) is 18.6 Å². The van der Waals surface area contributed by atoms with Crippen LogP contribution in [0.1, 0.15) is 39.7 Å². The molecule has 21 heavy (non-hydrogen) atoms. The molecule has 0 bridgehead atoms. The Labute approximate surface area is 126 Å². The number of amides is 1. The van der Waals surface area contributed by atoms with Gasteiger partial charge in [0.05, 0.1) is 12.3 Å². The maximum Gasteiger partial charge on any atom is 0.251 e. The summed E-state index contributed by atoms with van der Waals surface area (Å²) < 4.78 is 11.4. The van der Waals surface area contributed by atoms with Gasteiger partial charge in [-0.1, -0.05) is 13.0 Å². The second-order valence-electron chi connectivity index (χ2n) is 5.27. The van der Waals surface area contributed by atoms with Gasteiger partial charge < -0.3 is 14.8 Å². The third kappa shape index (κ3) is 3.57. The molecule has 2 rings (SSSR count). The largest absolute Gasteiger partial charge is 0.492 e. The molecule has 1 heterocycles. The highest BCUT2D eigenvalue weighted by molar-refractivity contribution is 6.04. The van der Waals surface area contributed by atoms with Crippen molar-refractivity contribution in [1.29, 1.82) is 0 Å². The lowest BCUT2D eigenvalue weighted by Crippen LogP contribution is -2.14. The molecule has 4 heteroatoms. The Morgan fingerprint density at radius 3 is 2.90 bits per heavy atom. The van der Waals surface area contributed by atoms with Crippen LogP contribution in [0, 0.1) is 0 Å². The van der Waals surface area contributed by atoms with Gasteiger partial charge >= 0.3 is 0 Å². The highest BCUT2D eigenvalue weighted by Gasteiger charge is 2.22. The monoisotopic (exact) mass is 289 g/mol. The standard InChI is InChI=1S/C17H23NO3/c1-5-7-11(3)17(19)18-14-10-15-13(8-12(4)21-15)9-16(14)20-6-2/h7,9-10,12H,5-6,8H2,1-4H3,(H,18,19)/b11-7+. The zero-order valence-corrected chi connectivity index (χ0v) is 13.2. The van der Waals surface area contributed by atoms with E-state index in [1.165, 1.54) is 0 Å². The number of hydrogen-bond acceptors (Lipinski definition) is 3. The molecule has 1 atom stereocenters. The van der Waals surface area contributed by atoms with Gasteiger partial charge in [0.2, 0.25) is 0 Å². The van der Waals surface area contributed by atoms with Crippen LogP contribution in [0.5, 0.6) is 11.5 Å². The van der Waals surface area contributed by atoms with Crippen LogP contribution in [0.3, 0.4) is 0 Å². The molecule has 1 N–H and O–H groups in total. The zero-order chi connectivity index (χ0) is 15.4. The van der Waals surface area contributed by atoms with Crippen LogP contribution in [-0.2, 0) is 11.2 Å². The van der Waals surface area contributed by atoms with Crippen molar-refractivity contribution in [3.63, 3.8) is 0 Å². The molecule has 1 aromatic carbocycles. The highest BCUT2D eigenvalue weighted by Crippen LogP contribution is 2.38. The number of fused-ring (bicyclic) bond motifs is 1. The summed E-state index contributed by atoms with van der Waals surface area (Å²) in [6.45, 7) is 8.34. The van der Waals surface area contributed by atoms with Crippen molar-refractivity contribution in [1.82, 2.24) is 0 Å². The molecule has 1 amide bonds. The molecule has 0 saturated carbocycles. The van der Waals surface area contributed by atoms with Crippen LogP contribution in [0.2, 0.25) is 0 Å². The number of carbonyl (C=O) groups excluding carboxylic acids is 1. The molecule has 4 nitrogen and oxygen atoms in total. The van der Waals surface area contributed by atoms with Gasteiger partial charge in [-0.25, -0.2) is 0 Å². The van der Waals surface area contributed by atoms with E-state index >= 15 is 0 Å². The second kappa shape index (κ2) is 6.66. The number of benzene rings is 1. The van der Waals surface area contributed by atoms with Crippen molar-refractivity contribution >= 4 is 11.6 Å². The SMILES string of the molecule is CC/C=C(\C)C(=O)Nc1cc2c(cc1OCC)CC(C)O2. The van der Waals surface area contributed by atoms with Crippen LogP contribution >= 0.6 is 0 Å². The van der Waals surface area contributed by atoms with Crippen molar-refractivity contribution in [3.8, 4) is 11.5 Å². The third-order valence-corrected chi connectivity index (χ3v) is 3.41. The fourth-order valence-electron chi connectivity index (χ4n) is 2.43. The van der Waals surface area contributed by atoms with E-state index < -0.39 is 0 Å². The molecule has 0 radical (unpaired) electrons. The highest BCUT2D eigenvalue weighted by atomic mass is 16.5. The lowest BCUT2D eigenvalue weighted by molar-refractivity contribution is -0.112. The van der Waals surface area contributed by atoms with E-state index in [0.717, 1.165) is 24.2 Å². The normalized spacial score (nSPS) is 17.1. The van der Waals surface area contributed by atoms with Gasteiger partial charge in [-0.05, 0) is 33.3 Å². The minimum Gasteiger partial charge on any atom is -0.492 e. The van der Waals surface area contributed by atoms with E-state index in [0.29, 0.717) is 23.6 Å². The Morgan fingerprint density at radius 1 is 1.48 bits per heavy atom. The second-order valence-corrected chi connectivity index (χ2v) is 5.27. The molecule has 1 aromatic rings. The smallest absolute Gasteiger partial charge is 0.251 e. The number of carbonyl (C=O) groups is 1. The number of hydrogen-bond donors (Lipinski definition) is 1. The Balaban J connectivity index is 2.28. The number of nitrogens with one attached hydrogen (secondary N) is 1. The first-order valence-corrected chi connectivity index (χ1v) is 7.49. The van der Waals surface area contributed by atoms with Gasteiger partial charge in [0.25, 0.3) is 5.91 Å². The predicted molar refractivity (Wildman–Crippen MR) is 84.1 cm³/mol. The number of anilines is 1. The molecular formula is C17H23NO3. The summed E-state index contributed by atoms with van der Waals surface area (Å²) in [5, 5.41) is 2.91. The van der Waals surface area contributed by atoms with Crippen molar-refractivity contribution in [2.75, 3.05) is 11.9 Å². The first-order valence-electron chi connectivity index (χ1n) is 7.49. The van der Waals surface area contributed by atoms with Crippen LogP contribution in [0.15, 0.2) is 23.8 Å². The summed E-state index contributed by atoms with van der Waals surface area (Å²) in [5.41, 5.74) is 2.50. The molecule has 114 valence electrons. The van der Waals surface area contributed by atoms with E-state index in [9.17, 15) is 4.79 Å². The van der Waals surface area contributed by atoms with Gasteiger partial charge in [0, 0.05) is 23.6 Å². The first kappa shape index (κ1) is 15.4. The summed E-state index contributed by atoms with van der Waals surface area (Å²) in [7, 11) is 0. The summed E-state index contributed by atoms with van der Waals surface area (Å²) in [4.78, 5) is 12.1. The van der Waals surface area contributed by atoms with Crippen molar-refractivity contribution in [2.45, 2.75) is 46.6 Å². The molecule has 1 unspecified atom stereocenters. The van der Waals surface area contributed by atoms with E-state index in [-0.39, 0.29) is 12.0 Å². The van der Waals surface area contributed by atoms with Gasteiger partial charge in [0.1, 0.15) is 17.6 Å². The maximum absolute atomic E-state index is 12.1. The fourth-order valence-corrected chi connectivity index (χ4v) is 2.43. The topological polar surface area (TPSA) is 47.6 Å². The Kier molecular flexibility index (Phi) is 4.89. The number of rotatable bonds is 5. The predicted octanol–water partition coefficient (Wildman–Crippen LogP) is 3.70. The molecule has 1 aliphatic rings. The number of allylic oxidation sites excluding steroid dienone is 1. The Hall–Kier alpha value is -1.97. The van der Waals surface area contributed by atoms with Crippen LogP contribution in [0.4, 0.5) is 5.69 Å². The first-order chi connectivity index (χ1) is 10.0. The minimum absolute atomic E-state index is 0.108. The van der Waals surface area contributed by atoms with Crippen molar-refractivity contribution < 1.29 is 14.3 Å². The van der Waals surface area contributed by atoms with Gasteiger partial charge in [-0.15, -0.1) is 0 Å². The summed E-state index contributed by atoms with van der Waals surface area (Å²) in [6.07, 6.45) is 3.78. The molecule has 0 fully saturated rings. The van der Waals surface area contributed by atoms with Crippen molar-refractivity contribution in [2.24, 2.45) is 0 Å². The number of ether oxygens (including phenoxy) is 2. The van der Waals surface area contributed by atoms with Gasteiger partial charge in [-0.2, -0.15) is 0 Å². The van der Waals surface area contributed by atoms with Gasteiger partial charge in [0.15, 0.2) is 0 Å². The van der Waals surface area contributed by atoms with E-state index in [1.54, 1.807) is 0 Å². The molecule has 0 saturated heterocycles. The molecule has 0 aliphatic carbocycles. The zero-order valence-electron chi connectivity index (χ0n) is 13.2. The summed E-state index contributed by atoms with van der Waals surface area (Å²) in [6, 6.07) is 3.83. The fraction of sp³-hybridized carbons (Fsp3) is 0.471. The third-order valence-electron chi connectivity index (χ3n) is 3.41. The van der Waals surface area contributed by atoms with E-state index in [1.807, 2.05) is 45.9 Å². The molecule has 0 aromatic heterocycles. The maximum atomic E-state index is 12.1. The van der Waals surface area contributed by atoms with E-state index in [2.05, 4.69) is 5.32 Å². The van der Waals surface area contributed by atoms with E-state index in [4.69, 9.17) is 9.47 Å². The quantitative estimate of drug-likeness (QED) is 0.841. The van der Waals surface area contributed by atoms with Crippen LogP contribution in [0.25, 0.3) is 0 Å². The molecular weight excluding hydrogens is 266 g/mol. The molecule has 1 aliphatic heterocycles. The van der Waals surface area contributed by atoms with Gasteiger partial charge in [-0.3, -0.25) is 4.79 Å². The Bertz CT molecular complexity index is 563. The van der Waals surface area contributed by atoms with Crippen molar-refractivity contribution in [3.05, 3.63) is 29.3 Å².